The Morgan fingerprint density at radius 2 is 1.77 bits per heavy atom. The lowest BCUT2D eigenvalue weighted by Crippen LogP contribution is -2.24. The van der Waals surface area contributed by atoms with Crippen LogP contribution in [0.2, 0.25) is 0 Å². The van der Waals surface area contributed by atoms with E-state index in [4.69, 9.17) is 0 Å². The van der Waals surface area contributed by atoms with Crippen LogP contribution in [0.1, 0.15) is 52.9 Å². The molecule has 0 aromatic heterocycles. The van der Waals surface area contributed by atoms with Crippen LogP contribution in [0.4, 0.5) is 0 Å². The van der Waals surface area contributed by atoms with E-state index in [2.05, 4.69) is 6.92 Å². The highest BCUT2D eigenvalue weighted by atomic mass is 16.1. The third-order valence-electron chi connectivity index (χ3n) is 3.40. The molecular weight excluding hydrogens is 160 g/mol. The first kappa shape index (κ1) is 10.7. The Kier molecular flexibility index (Phi) is 3.95. The summed E-state index contributed by atoms with van der Waals surface area (Å²) in [6.07, 6.45) is 6.15. The van der Waals surface area contributed by atoms with Crippen LogP contribution in [0, 0.1) is 17.8 Å². The Labute approximate surface area is 81.9 Å². The van der Waals surface area contributed by atoms with E-state index in [0.29, 0.717) is 11.7 Å². The van der Waals surface area contributed by atoms with Gasteiger partial charge in [-0.25, -0.2) is 0 Å². The average molecular weight is 182 g/mol. The lowest BCUT2D eigenvalue weighted by molar-refractivity contribution is -0.127. The van der Waals surface area contributed by atoms with Gasteiger partial charge in [0.2, 0.25) is 0 Å². The molecule has 1 nitrogen and oxygen atoms in total. The van der Waals surface area contributed by atoms with Gasteiger partial charge in [0, 0.05) is 11.8 Å². The SMILES string of the molecule is CCC1CCC(C(=O)C(C)C)CC1. The number of hydrogen-bond acceptors (Lipinski definition) is 1. The van der Waals surface area contributed by atoms with Crippen LogP contribution in [0.3, 0.4) is 0 Å². The summed E-state index contributed by atoms with van der Waals surface area (Å²) in [6.45, 7) is 6.30. The summed E-state index contributed by atoms with van der Waals surface area (Å²) in [4.78, 5) is 11.7. The fourth-order valence-electron chi connectivity index (χ4n) is 2.33. The fraction of sp³-hybridized carbons (Fsp3) is 0.917. The van der Waals surface area contributed by atoms with E-state index in [0.717, 1.165) is 18.8 Å². The van der Waals surface area contributed by atoms with Crippen molar-refractivity contribution < 1.29 is 4.79 Å². The molecule has 0 spiro atoms. The van der Waals surface area contributed by atoms with Crippen LogP contribution >= 0.6 is 0 Å². The van der Waals surface area contributed by atoms with Gasteiger partial charge in [0.25, 0.3) is 0 Å². The minimum Gasteiger partial charge on any atom is -0.299 e. The van der Waals surface area contributed by atoms with Gasteiger partial charge in [0.05, 0.1) is 0 Å². The van der Waals surface area contributed by atoms with E-state index in [-0.39, 0.29) is 5.92 Å². The highest BCUT2D eigenvalue weighted by Gasteiger charge is 2.26. The van der Waals surface area contributed by atoms with Gasteiger partial charge in [-0.05, 0) is 31.6 Å². The second kappa shape index (κ2) is 4.78. The molecule has 0 unspecified atom stereocenters. The summed E-state index contributed by atoms with van der Waals surface area (Å²) in [7, 11) is 0. The summed E-state index contributed by atoms with van der Waals surface area (Å²) >= 11 is 0. The average Bonchev–Trinajstić information content (AvgIpc) is 2.17. The Balaban J connectivity index is 2.36. The van der Waals surface area contributed by atoms with Crippen LogP contribution in [0.25, 0.3) is 0 Å². The van der Waals surface area contributed by atoms with E-state index >= 15 is 0 Å². The van der Waals surface area contributed by atoms with Crippen molar-refractivity contribution in [2.75, 3.05) is 0 Å². The van der Waals surface area contributed by atoms with Gasteiger partial charge in [-0.2, -0.15) is 0 Å². The molecule has 0 heterocycles. The number of carbonyl (C=O) groups is 1. The predicted molar refractivity (Wildman–Crippen MR) is 55.6 cm³/mol. The maximum atomic E-state index is 11.7. The van der Waals surface area contributed by atoms with Crippen LogP contribution in [0.5, 0.6) is 0 Å². The van der Waals surface area contributed by atoms with E-state index in [9.17, 15) is 4.79 Å². The highest BCUT2D eigenvalue weighted by molar-refractivity contribution is 5.82. The van der Waals surface area contributed by atoms with E-state index in [1.54, 1.807) is 0 Å². The molecule has 13 heavy (non-hydrogen) atoms. The Morgan fingerprint density at radius 3 is 2.15 bits per heavy atom. The van der Waals surface area contributed by atoms with Crippen LogP contribution in [-0.4, -0.2) is 5.78 Å². The molecule has 0 aliphatic heterocycles. The maximum absolute atomic E-state index is 11.7. The van der Waals surface area contributed by atoms with Crippen molar-refractivity contribution in [1.82, 2.24) is 0 Å². The molecule has 76 valence electrons. The molecule has 0 atom stereocenters. The smallest absolute Gasteiger partial charge is 0.138 e. The van der Waals surface area contributed by atoms with E-state index in [1.165, 1.54) is 19.3 Å². The summed E-state index contributed by atoms with van der Waals surface area (Å²) in [6, 6.07) is 0. The van der Waals surface area contributed by atoms with Gasteiger partial charge in [-0.1, -0.05) is 27.2 Å². The zero-order valence-electron chi connectivity index (χ0n) is 9.18. The number of carbonyl (C=O) groups excluding carboxylic acids is 1. The van der Waals surface area contributed by atoms with Crippen LogP contribution < -0.4 is 0 Å². The number of ketones is 1. The van der Waals surface area contributed by atoms with Crippen molar-refractivity contribution in [2.24, 2.45) is 17.8 Å². The number of Topliss-reactive ketones (excluding diaryl/α,β-unsaturated/α-hetero) is 1. The third kappa shape index (κ3) is 2.82. The van der Waals surface area contributed by atoms with Gasteiger partial charge in [0.1, 0.15) is 5.78 Å². The molecule has 1 heteroatoms. The van der Waals surface area contributed by atoms with Gasteiger partial charge in [-0.3, -0.25) is 4.79 Å². The highest BCUT2D eigenvalue weighted by Crippen LogP contribution is 2.32. The molecule has 0 radical (unpaired) electrons. The summed E-state index contributed by atoms with van der Waals surface area (Å²) in [5, 5.41) is 0. The fourth-order valence-corrected chi connectivity index (χ4v) is 2.33. The molecule has 0 N–H and O–H groups in total. The first-order valence-corrected chi connectivity index (χ1v) is 5.68. The topological polar surface area (TPSA) is 17.1 Å². The molecule has 0 saturated heterocycles. The minimum absolute atomic E-state index is 0.239. The third-order valence-corrected chi connectivity index (χ3v) is 3.40. The summed E-state index contributed by atoms with van der Waals surface area (Å²) < 4.78 is 0. The molecular formula is C12H22O. The molecule has 1 saturated carbocycles. The van der Waals surface area contributed by atoms with Crippen molar-refractivity contribution in [1.29, 1.82) is 0 Å². The molecule has 0 aromatic carbocycles. The summed E-state index contributed by atoms with van der Waals surface area (Å²) in [5.41, 5.74) is 0. The Morgan fingerprint density at radius 1 is 1.23 bits per heavy atom. The maximum Gasteiger partial charge on any atom is 0.138 e. The van der Waals surface area contributed by atoms with Gasteiger partial charge in [-0.15, -0.1) is 0 Å². The molecule has 0 aromatic rings. The van der Waals surface area contributed by atoms with Crippen molar-refractivity contribution in [3.63, 3.8) is 0 Å². The van der Waals surface area contributed by atoms with Gasteiger partial charge < -0.3 is 0 Å². The second-order valence-electron chi connectivity index (χ2n) is 4.68. The van der Waals surface area contributed by atoms with Crippen molar-refractivity contribution >= 4 is 5.78 Å². The summed E-state index contributed by atoms with van der Waals surface area (Å²) in [5.74, 6) is 2.02. The predicted octanol–water partition coefficient (Wildman–Crippen LogP) is 3.43. The standard InChI is InChI=1S/C12H22O/c1-4-10-5-7-11(8-6-10)12(13)9(2)3/h9-11H,4-8H2,1-3H3. The van der Waals surface area contributed by atoms with E-state index < -0.39 is 0 Å². The largest absolute Gasteiger partial charge is 0.299 e. The first-order valence-electron chi connectivity index (χ1n) is 5.68. The van der Waals surface area contributed by atoms with Crippen LogP contribution in [-0.2, 0) is 4.79 Å². The molecule has 0 amide bonds. The normalized spacial score (nSPS) is 29.2. The zero-order chi connectivity index (χ0) is 9.84. The Bertz CT molecular complexity index is 164. The van der Waals surface area contributed by atoms with Crippen molar-refractivity contribution in [2.45, 2.75) is 52.9 Å². The lowest BCUT2D eigenvalue weighted by atomic mass is 9.77. The van der Waals surface area contributed by atoms with Gasteiger partial charge in [0.15, 0.2) is 0 Å². The monoisotopic (exact) mass is 182 g/mol. The molecule has 1 aliphatic carbocycles. The van der Waals surface area contributed by atoms with Crippen molar-refractivity contribution in [3.05, 3.63) is 0 Å². The van der Waals surface area contributed by atoms with E-state index in [1.807, 2.05) is 13.8 Å². The Hall–Kier alpha value is -0.330. The second-order valence-corrected chi connectivity index (χ2v) is 4.68. The van der Waals surface area contributed by atoms with Gasteiger partial charge >= 0.3 is 0 Å². The lowest BCUT2D eigenvalue weighted by Gasteiger charge is -2.27. The van der Waals surface area contributed by atoms with Crippen LogP contribution in [0.15, 0.2) is 0 Å². The molecule has 1 fully saturated rings. The molecule has 1 rings (SSSR count). The molecule has 1 aliphatic rings. The zero-order valence-corrected chi connectivity index (χ0v) is 9.18. The quantitative estimate of drug-likeness (QED) is 0.653. The molecule has 0 bridgehead atoms. The number of hydrogen-bond donors (Lipinski definition) is 0. The van der Waals surface area contributed by atoms with Crippen molar-refractivity contribution in [3.8, 4) is 0 Å². The minimum atomic E-state index is 0.239. The first-order chi connectivity index (χ1) is 6.15. The number of rotatable bonds is 3.